The normalized spacial score (nSPS) is 20.9. The maximum Gasteiger partial charge on any atom is 0.282 e. The lowest BCUT2D eigenvalue weighted by Gasteiger charge is -2.34. The summed E-state index contributed by atoms with van der Waals surface area (Å²) in [7, 11) is -1.80. The molecular formula is C14H22BrN3O2S. The van der Waals surface area contributed by atoms with Crippen molar-refractivity contribution in [2.75, 3.05) is 26.7 Å². The summed E-state index contributed by atoms with van der Waals surface area (Å²) in [6.07, 6.45) is 1.89. The molecule has 0 aromatic heterocycles. The fourth-order valence-corrected chi connectivity index (χ4v) is 4.44. The zero-order chi connectivity index (χ0) is 15.5. The van der Waals surface area contributed by atoms with Crippen LogP contribution in [0.4, 0.5) is 0 Å². The summed E-state index contributed by atoms with van der Waals surface area (Å²) in [6.45, 7) is 2.01. The van der Waals surface area contributed by atoms with Crippen LogP contribution < -0.4 is 5.73 Å². The van der Waals surface area contributed by atoms with Gasteiger partial charge in [-0.2, -0.15) is 17.0 Å². The summed E-state index contributed by atoms with van der Waals surface area (Å²) in [5, 5.41) is 0. The van der Waals surface area contributed by atoms with Crippen LogP contribution in [0, 0.1) is 5.92 Å². The van der Waals surface area contributed by atoms with Gasteiger partial charge in [0.1, 0.15) is 0 Å². The minimum Gasteiger partial charge on any atom is -0.330 e. The van der Waals surface area contributed by atoms with Gasteiger partial charge in [0.15, 0.2) is 0 Å². The number of nitrogens with two attached hydrogens (primary N) is 1. The van der Waals surface area contributed by atoms with Crippen LogP contribution in [0.25, 0.3) is 0 Å². The maximum absolute atomic E-state index is 12.7. The molecule has 0 bridgehead atoms. The predicted octanol–water partition coefficient (Wildman–Crippen LogP) is 1.80. The van der Waals surface area contributed by atoms with E-state index in [-0.39, 0.29) is 5.92 Å². The van der Waals surface area contributed by atoms with E-state index in [2.05, 4.69) is 15.9 Å². The van der Waals surface area contributed by atoms with E-state index in [1.807, 2.05) is 24.3 Å². The third kappa shape index (κ3) is 4.04. The van der Waals surface area contributed by atoms with E-state index in [4.69, 9.17) is 5.73 Å². The number of hydrogen-bond acceptors (Lipinski definition) is 3. The molecule has 0 amide bonds. The smallest absolute Gasteiger partial charge is 0.282 e. The Balaban J connectivity index is 2.10. The highest BCUT2D eigenvalue weighted by Crippen LogP contribution is 2.23. The molecule has 0 aliphatic carbocycles. The van der Waals surface area contributed by atoms with Crippen molar-refractivity contribution in [3.8, 4) is 0 Å². The largest absolute Gasteiger partial charge is 0.330 e. The molecule has 21 heavy (non-hydrogen) atoms. The highest BCUT2D eigenvalue weighted by Gasteiger charge is 2.31. The molecular weight excluding hydrogens is 354 g/mol. The fourth-order valence-electron chi connectivity index (χ4n) is 2.57. The van der Waals surface area contributed by atoms with Gasteiger partial charge in [0.2, 0.25) is 0 Å². The van der Waals surface area contributed by atoms with E-state index < -0.39 is 10.2 Å². The van der Waals surface area contributed by atoms with Crippen molar-refractivity contribution in [1.82, 2.24) is 8.61 Å². The van der Waals surface area contributed by atoms with Gasteiger partial charge < -0.3 is 5.73 Å². The van der Waals surface area contributed by atoms with E-state index in [0.717, 1.165) is 22.9 Å². The van der Waals surface area contributed by atoms with Crippen molar-refractivity contribution in [1.29, 1.82) is 0 Å². The van der Waals surface area contributed by atoms with Crippen molar-refractivity contribution in [3.63, 3.8) is 0 Å². The Bertz CT molecular complexity index is 579. The van der Waals surface area contributed by atoms with E-state index >= 15 is 0 Å². The molecule has 1 atom stereocenters. The number of halogens is 1. The molecule has 1 aromatic carbocycles. The SMILES string of the molecule is CN(Cc1ccccc1Br)S(=O)(=O)N1CCCC(CN)C1. The molecule has 2 N–H and O–H groups in total. The van der Waals surface area contributed by atoms with Gasteiger partial charge in [0, 0.05) is 31.2 Å². The molecule has 1 heterocycles. The Morgan fingerprint density at radius 2 is 2.14 bits per heavy atom. The summed E-state index contributed by atoms with van der Waals surface area (Å²) in [4.78, 5) is 0. The quantitative estimate of drug-likeness (QED) is 0.852. The van der Waals surface area contributed by atoms with Crippen LogP contribution in [0.15, 0.2) is 28.7 Å². The van der Waals surface area contributed by atoms with Crippen molar-refractivity contribution < 1.29 is 8.42 Å². The molecule has 0 radical (unpaired) electrons. The van der Waals surface area contributed by atoms with E-state index in [1.54, 1.807) is 11.4 Å². The molecule has 1 unspecified atom stereocenters. The first-order chi connectivity index (χ1) is 9.95. The number of piperidine rings is 1. The second-order valence-electron chi connectivity index (χ2n) is 5.46. The van der Waals surface area contributed by atoms with Gasteiger partial charge in [-0.25, -0.2) is 0 Å². The van der Waals surface area contributed by atoms with Crippen LogP contribution in [0.2, 0.25) is 0 Å². The zero-order valence-corrected chi connectivity index (χ0v) is 14.6. The first-order valence-corrected chi connectivity index (χ1v) is 9.29. The number of rotatable bonds is 5. The average Bonchev–Trinajstić information content (AvgIpc) is 2.49. The van der Waals surface area contributed by atoms with Crippen LogP contribution in [-0.2, 0) is 16.8 Å². The highest BCUT2D eigenvalue weighted by atomic mass is 79.9. The van der Waals surface area contributed by atoms with Gasteiger partial charge in [-0.05, 0) is 36.9 Å². The maximum atomic E-state index is 12.7. The molecule has 1 aliphatic rings. The molecule has 1 aromatic rings. The van der Waals surface area contributed by atoms with E-state index in [1.165, 1.54) is 4.31 Å². The molecule has 1 fully saturated rings. The lowest BCUT2D eigenvalue weighted by molar-refractivity contribution is 0.255. The van der Waals surface area contributed by atoms with E-state index in [0.29, 0.717) is 26.2 Å². The number of nitrogens with zero attached hydrogens (tertiary/aromatic N) is 2. The van der Waals surface area contributed by atoms with Crippen LogP contribution >= 0.6 is 15.9 Å². The van der Waals surface area contributed by atoms with Crippen LogP contribution in [-0.4, -0.2) is 43.7 Å². The van der Waals surface area contributed by atoms with Gasteiger partial charge in [-0.3, -0.25) is 0 Å². The average molecular weight is 376 g/mol. The summed E-state index contributed by atoms with van der Waals surface area (Å²) >= 11 is 3.46. The molecule has 118 valence electrons. The van der Waals surface area contributed by atoms with Gasteiger partial charge in [-0.15, -0.1) is 0 Å². The first-order valence-electron chi connectivity index (χ1n) is 7.10. The second-order valence-corrected chi connectivity index (χ2v) is 8.35. The van der Waals surface area contributed by atoms with Crippen molar-refractivity contribution in [2.45, 2.75) is 19.4 Å². The molecule has 0 saturated carbocycles. The highest BCUT2D eigenvalue weighted by molar-refractivity contribution is 9.10. The molecule has 0 spiro atoms. The van der Waals surface area contributed by atoms with Gasteiger partial charge in [0.05, 0.1) is 0 Å². The fraction of sp³-hybridized carbons (Fsp3) is 0.571. The van der Waals surface area contributed by atoms with Gasteiger partial charge in [-0.1, -0.05) is 34.1 Å². The van der Waals surface area contributed by atoms with Crippen LogP contribution in [0.3, 0.4) is 0 Å². The van der Waals surface area contributed by atoms with Gasteiger partial charge >= 0.3 is 0 Å². The Kier molecular flexibility index (Phi) is 5.79. The zero-order valence-electron chi connectivity index (χ0n) is 12.2. The predicted molar refractivity (Wildman–Crippen MR) is 87.9 cm³/mol. The molecule has 2 rings (SSSR count). The lowest BCUT2D eigenvalue weighted by atomic mass is 10.0. The minimum atomic E-state index is -3.43. The number of hydrogen-bond donors (Lipinski definition) is 1. The van der Waals surface area contributed by atoms with Crippen molar-refractivity contribution in [2.24, 2.45) is 11.7 Å². The topological polar surface area (TPSA) is 66.6 Å². The Morgan fingerprint density at radius 3 is 2.81 bits per heavy atom. The monoisotopic (exact) mass is 375 g/mol. The van der Waals surface area contributed by atoms with Gasteiger partial charge in [0.25, 0.3) is 10.2 Å². The lowest BCUT2D eigenvalue weighted by Crippen LogP contribution is -2.47. The molecule has 7 heteroatoms. The third-order valence-corrected chi connectivity index (χ3v) is 6.56. The third-order valence-electron chi connectivity index (χ3n) is 3.89. The molecule has 5 nitrogen and oxygen atoms in total. The van der Waals surface area contributed by atoms with E-state index in [9.17, 15) is 8.42 Å². The summed E-state index contributed by atoms with van der Waals surface area (Å²) in [5.41, 5.74) is 6.64. The van der Waals surface area contributed by atoms with Crippen LogP contribution in [0.1, 0.15) is 18.4 Å². The van der Waals surface area contributed by atoms with Crippen LogP contribution in [0.5, 0.6) is 0 Å². The Hall–Kier alpha value is -0.470. The summed E-state index contributed by atoms with van der Waals surface area (Å²) < 4.78 is 29.2. The first kappa shape index (κ1) is 16.9. The molecule has 1 saturated heterocycles. The Labute approximate surface area is 135 Å². The van der Waals surface area contributed by atoms with Crippen molar-refractivity contribution >= 4 is 26.1 Å². The molecule has 1 aliphatic heterocycles. The second kappa shape index (κ2) is 7.19. The van der Waals surface area contributed by atoms with Crippen molar-refractivity contribution in [3.05, 3.63) is 34.3 Å². The standard InChI is InChI=1S/C14H22BrN3O2S/c1-17(11-13-6-2-3-7-14(13)15)21(19,20)18-8-4-5-12(9-16)10-18/h2-3,6-7,12H,4-5,8-11,16H2,1H3. The minimum absolute atomic E-state index is 0.269. The number of benzene rings is 1. The Morgan fingerprint density at radius 1 is 1.43 bits per heavy atom. The summed E-state index contributed by atoms with van der Waals surface area (Å²) in [6, 6.07) is 7.67. The summed E-state index contributed by atoms with van der Waals surface area (Å²) in [5.74, 6) is 0.269.